The van der Waals surface area contributed by atoms with Gasteiger partial charge in [0.15, 0.2) is 9.84 Å². The van der Waals surface area contributed by atoms with Crippen molar-refractivity contribution in [2.45, 2.75) is 24.8 Å². The first-order chi connectivity index (χ1) is 7.88. The second-order valence-electron chi connectivity index (χ2n) is 4.35. The van der Waals surface area contributed by atoms with E-state index in [4.69, 9.17) is 0 Å². The zero-order valence-electron chi connectivity index (χ0n) is 10.3. The molecule has 1 aromatic carbocycles. The summed E-state index contributed by atoms with van der Waals surface area (Å²) in [6.07, 6.45) is 0. The maximum absolute atomic E-state index is 12.3. The van der Waals surface area contributed by atoms with E-state index in [1.807, 2.05) is 13.8 Å². The number of hydrogen-bond acceptors (Lipinski definition) is 3. The van der Waals surface area contributed by atoms with Gasteiger partial charge in [0.2, 0.25) is 0 Å². The summed E-state index contributed by atoms with van der Waals surface area (Å²) < 4.78 is 25.1. The predicted octanol–water partition coefficient (Wildman–Crippen LogP) is 2.47. The van der Waals surface area contributed by atoms with Crippen molar-refractivity contribution in [3.05, 3.63) is 28.7 Å². The minimum Gasteiger partial charge on any atom is -0.316 e. The summed E-state index contributed by atoms with van der Waals surface area (Å²) in [4.78, 5) is 0.362. The zero-order valence-corrected chi connectivity index (χ0v) is 12.7. The molecule has 0 heterocycles. The van der Waals surface area contributed by atoms with Crippen molar-refractivity contribution in [3.63, 3.8) is 0 Å². The van der Waals surface area contributed by atoms with Crippen LogP contribution in [0.15, 0.2) is 33.6 Å². The molecule has 1 aromatic rings. The van der Waals surface area contributed by atoms with Gasteiger partial charge in [0.1, 0.15) is 0 Å². The second kappa shape index (κ2) is 5.98. The van der Waals surface area contributed by atoms with Gasteiger partial charge in [0.25, 0.3) is 0 Å². The van der Waals surface area contributed by atoms with Gasteiger partial charge in [0.05, 0.1) is 10.6 Å². The fourth-order valence-electron chi connectivity index (χ4n) is 1.63. The van der Waals surface area contributed by atoms with Gasteiger partial charge in [-0.25, -0.2) is 8.42 Å². The summed E-state index contributed by atoms with van der Waals surface area (Å²) in [5.41, 5.74) is 0. The standard InChI is InChI=1S/C12H18BrNO2S/c1-9(2)11(14-3)8-17(15,16)12-7-5-4-6-10(12)13/h4-7,9,11,14H,8H2,1-3H3. The molecule has 5 heteroatoms. The summed E-state index contributed by atoms with van der Waals surface area (Å²) in [6, 6.07) is 6.89. The average Bonchev–Trinajstić information content (AvgIpc) is 2.26. The van der Waals surface area contributed by atoms with E-state index in [1.165, 1.54) is 0 Å². The van der Waals surface area contributed by atoms with Crippen LogP contribution in [0.1, 0.15) is 13.8 Å². The number of rotatable bonds is 5. The first-order valence-electron chi connectivity index (χ1n) is 5.53. The SMILES string of the molecule is CNC(CS(=O)(=O)c1ccccc1Br)C(C)C. The molecule has 0 fully saturated rings. The molecule has 0 saturated carbocycles. The third-order valence-corrected chi connectivity index (χ3v) is 5.52. The maximum atomic E-state index is 12.3. The van der Waals surface area contributed by atoms with Gasteiger partial charge in [-0.1, -0.05) is 26.0 Å². The predicted molar refractivity (Wildman–Crippen MR) is 73.9 cm³/mol. The number of nitrogens with one attached hydrogen (secondary N) is 1. The molecule has 1 rings (SSSR count). The first kappa shape index (κ1) is 14.7. The Morgan fingerprint density at radius 1 is 1.29 bits per heavy atom. The Balaban J connectivity index is 3.01. The van der Waals surface area contributed by atoms with Crippen molar-refractivity contribution < 1.29 is 8.42 Å². The summed E-state index contributed by atoms with van der Waals surface area (Å²) in [6.45, 7) is 4.02. The lowest BCUT2D eigenvalue weighted by Crippen LogP contribution is -2.37. The lowest BCUT2D eigenvalue weighted by molar-refractivity contribution is 0.455. The van der Waals surface area contributed by atoms with Crippen molar-refractivity contribution in [1.82, 2.24) is 5.32 Å². The normalized spacial score (nSPS) is 13.9. The van der Waals surface area contributed by atoms with Crippen molar-refractivity contribution in [2.75, 3.05) is 12.8 Å². The minimum absolute atomic E-state index is 0.0351. The molecular formula is C12H18BrNO2S. The highest BCUT2D eigenvalue weighted by Crippen LogP contribution is 2.23. The van der Waals surface area contributed by atoms with Crippen LogP contribution in [0.3, 0.4) is 0 Å². The van der Waals surface area contributed by atoms with E-state index in [1.54, 1.807) is 31.3 Å². The summed E-state index contributed by atoms with van der Waals surface area (Å²) >= 11 is 3.28. The lowest BCUT2D eigenvalue weighted by Gasteiger charge is -2.20. The van der Waals surface area contributed by atoms with Gasteiger partial charge in [-0.05, 0) is 41.0 Å². The molecule has 0 aliphatic carbocycles. The van der Waals surface area contributed by atoms with E-state index in [0.29, 0.717) is 9.37 Å². The van der Waals surface area contributed by atoms with Crippen LogP contribution >= 0.6 is 15.9 Å². The number of sulfone groups is 1. The Morgan fingerprint density at radius 2 is 1.88 bits per heavy atom. The topological polar surface area (TPSA) is 46.2 Å². The van der Waals surface area contributed by atoms with Gasteiger partial charge < -0.3 is 5.32 Å². The van der Waals surface area contributed by atoms with E-state index < -0.39 is 9.84 Å². The highest BCUT2D eigenvalue weighted by molar-refractivity contribution is 9.10. The highest BCUT2D eigenvalue weighted by Gasteiger charge is 2.23. The summed E-state index contributed by atoms with van der Waals surface area (Å²) in [5.74, 6) is 0.390. The van der Waals surface area contributed by atoms with Crippen molar-refractivity contribution in [3.8, 4) is 0 Å². The fraction of sp³-hybridized carbons (Fsp3) is 0.500. The maximum Gasteiger partial charge on any atom is 0.181 e. The molecule has 0 aliphatic rings. The average molecular weight is 320 g/mol. The Labute approximate surface area is 112 Å². The Kier molecular flexibility index (Phi) is 5.16. The smallest absolute Gasteiger partial charge is 0.181 e. The van der Waals surface area contributed by atoms with Crippen LogP contribution in [0.5, 0.6) is 0 Å². The van der Waals surface area contributed by atoms with E-state index >= 15 is 0 Å². The van der Waals surface area contributed by atoms with Crippen molar-refractivity contribution >= 4 is 25.8 Å². The van der Waals surface area contributed by atoms with E-state index in [2.05, 4.69) is 21.2 Å². The number of halogens is 1. The van der Waals surface area contributed by atoms with Crippen LogP contribution in [0.2, 0.25) is 0 Å². The van der Waals surface area contributed by atoms with Gasteiger partial charge in [-0.3, -0.25) is 0 Å². The van der Waals surface area contributed by atoms with E-state index in [0.717, 1.165) is 0 Å². The van der Waals surface area contributed by atoms with Gasteiger partial charge in [-0.2, -0.15) is 0 Å². The third-order valence-electron chi connectivity index (χ3n) is 2.75. The molecule has 96 valence electrons. The Hall–Kier alpha value is -0.390. The van der Waals surface area contributed by atoms with Crippen molar-refractivity contribution in [2.24, 2.45) is 5.92 Å². The van der Waals surface area contributed by atoms with Crippen LogP contribution in [0.25, 0.3) is 0 Å². The minimum atomic E-state index is -3.26. The van der Waals surface area contributed by atoms with Gasteiger partial charge >= 0.3 is 0 Å². The molecule has 0 spiro atoms. The Bertz CT molecular complexity index is 471. The van der Waals surface area contributed by atoms with E-state index in [9.17, 15) is 8.42 Å². The van der Waals surface area contributed by atoms with Gasteiger partial charge in [0, 0.05) is 10.5 Å². The molecular weight excluding hydrogens is 302 g/mol. The molecule has 1 atom stereocenters. The molecule has 0 bridgehead atoms. The van der Waals surface area contributed by atoms with Crippen LogP contribution in [-0.2, 0) is 9.84 Å². The number of benzene rings is 1. The monoisotopic (exact) mass is 319 g/mol. The molecule has 0 radical (unpaired) electrons. The zero-order chi connectivity index (χ0) is 13.1. The molecule has 0 amide bonds. The molecule has 0 saturated heterocycles. The molecule has 1 unspecified atom stereocenters. The second-order valence-corrected chi connectivity index (χ2v) is 7.21. The quantitative estimate of drug-likeness (QED) is 0.906. The Morgan fingerprint density at radius 3 is 2.35 bits per heavy atom. The van der Waals surface area contributed by atoms with Gasteiger partial charge in [-0.15, -0.1) is 0 Å². The summed E-state index contributed by atoms with van der Waals surface area (Å²) in [5, 5.41) is 3.05. The molecule has 0 aromatic heterocycles. The largest absolute Gasteiger partial charge is 0.316 e. The van der Waals surface area contributed by atoms with Crippen LogP contribution < -0.4 is 5.32 Å². The van der Waals surface area contributed by atoms with Crippen LogP contribution in [0.4, 0.5) is 0 Å². The fourth-order valence-corrected chi connectivity index (χ4v) is 4.51. The highest BCUT2D eigenvalue weighted by atomic mass is 79.9. The molecule has 0 aliphatic heterocycles. The number of hydrogen-bond donors (Lipinski definition) is 1. The molecule has 1 N–H and O–H groups in total. The molecule has 17 heavy (non-hydrogen) atoms. The van der Waals surface area contributed by atoms with Crippen molar-refractivity contribution in [1.29, 1.82) is 0 Å². The van der Waals surface area contributed by atoms with E-state index in [-0.39, 0.29) is 17.7 Å². The lowest BCUT2D eigenvalue weighted by atomic mass is 10.1. The van der Waals surface area contributed by atoms with Crippen LogP contribution in [-0.4, -0.2) is 27.3 Å². The summed E-state index contributed by atoms with van der Waals surface area (Å²) in [7, 11) is -1.46. The first-order valence-corrected chi connectivity index (χ1v) is 7.97. The van der Waals surface area contributed by atoms with Crippen LogP contribution in [0, 0.1) is 5.92 Å². The molecule has 3 nitrogen and oxygen atoms in total. The third kappa shape index (κ3) is 3.79.